The minimum absolute atomic E-state index is 0.0209. The zero-order chi connectivity index (χ0) is 17.8. The summed E-state index contributed by atoms with van der Waals surface area (Å²) in [6, 6.07) is 8.46. The maximum absolute atomic E-state index is 13.9. The second-order valence-corrected chi connectivity index (χ2v) is 6.55. The Hall–Kier alpha value is -2.21. The highest BCUT2D eigenvalue weighted by Gasteiger charge is 2.29. The molecule has 1 aliphatic rings. The number of piperidine rings is 1. The molecule has 2 aromatic rings. The lowest BCUT2D eigenvalue weighted by atomic mass is 9.91. The second kappa shape index (κ2) is 7.78. The summed E-state index contributed by atoms with van der Waals surface area (Å²) >= 11 is 0. The van der Waals surface area contributed by atoms with Gasteiger partial charge in [0.25, 0.3) is 0 Å². The van der Waals surface area contributed by atoms with E-state index in [0.29, 0.717) is 31.1 Å². The van der Waals surface area contributed by atoms with Gasteiger partial charge in [0.1, 0.15) is 5.82 Å². The van der Waals surface area contributed by atoms with Gasteiger partial charge in [-0.05, 0) is 37.5 Å². The largest absolute Gasteiger partial charge is 0.394 e. The molecule has 0 radical (unpaired) electrons. The number of carbonyl (C=O) groups is 1. The highest BCUT2D eigenvalue weighted by atomic mass is 19.1. The Bertz CT molecular complexity index is 723. The number of rotatable bonds is 5. The van der Waals surface area contributed by atoms with Crippen LogP contribution in [-0.2, 0) is 11.3 Å². The molecule has 5 nitrogen and oxygen atoms in total. The number of likely N-dealkylation sites (tertiary alicyclic amines) is 1. The minimum Gasteiger partial charge on any atom is -0.394 e. The molecule has 1 saturated heterocycles. The summed E-state index contributed by atoms with van der Waals surface area (Å²) in [4.78, 5) is 14.6. The van der Waals surface area contributed by atoms with Gasteiger partial charge in [-0.1, -0.05) is 18.2 Å². The van der Waals surface area contributed by atoms with Crippen molar-refractivity contribution in [1.82, 2.24) is 14.7 Å². The van der Waals surface area contributed by atoms with Crippen molar-refractivity contribution in [3.63, 3.8) is 0 Å². The van der Waals surface area contributed by atoms with Gasteiger partial charge in [0.05, 0.1) is 19.1 Å². The van der Waals surface area contributed by atoms with Crippen LogP contribution in [0, 0.1) is 5.82 Å². The Morgan fingerprint density at radius 2 is 2.04 bits per heavy atom. The minimum atomic E-state index is -0.474. The monoisotopic (exact) mass is 345 g/mol. The van der Waals surface area contributed by atoms with Crippen molar-refractivity contribution in [2.24, 2.45) is 0 Å². The van der Waals surface area contributed by atoms with Crippen molar-refractivity contribution in [2.45, 2.75) is 38.1 Å². The topological polar surface area (TPSA) is 58.4 Å². The molecule has 1 unspecified atom stereocenters. The van der Waals surface area contributed by atoms with Crippen LogP contribution in [0.3, 0.4) is 0 Å². The molecular formula is C19H24FN3O2. The van der Waals surface area contributed by atoms with Crippen LogP contribution in [0.15, 0.2) is 36.5 Å². The first-order valence-electron chi connectivity index (χ1n) is 8.77. The zero-order valence-electron chi connectivity index (χ0n) is 14.4. The summed E-state index contributed by atoms with van der Waals surface area (Å²) in [6.07, 6.45) is 3.46. The third-order valence-corrected chi connectivity index (χ3v) is 5.03. The average molecular weight is 345 g/mol. The maximum atomic E-state index is 13.9. The molecule has 1 aromatic heterocycles. The third-order valence-electron chi connectivity index (χ3n) is 5.03. The summed E-state index contributed by atoms with van der Waals surface area (Å²) in [5.41, 5.74) is 1.57. The van der Waals surface area contributed by atoms with E-state index < -0.39 is 5.92 Å². The van der Waals surface area contributed by atoms with Crippen LogP contribution in [0.4, 0.5) is 4.39 Å². The summed E-state index contributed by atoms with van der Waals surface area (Å²) in [6.45, 7) is 3.64. The van der Waals surface area contributed by atoms with Crippen LogP contribution in [0.1, 0.15) is 42.9 Å². The SMILES string of the molecule is CC(C(=O)N1CCC(c2ccnn2CCO)CC1)c1ccccc1F. The average Bonchev–Trinajstić information content (AvgIpc) is 3.10. The molecule has 1 atom stereocenters. The number of carbonyl (C=O) groups excluding carboxylic acids is 1. The lowest BCUT2D eigenvalue weighted by Gasteiger charge is -2.34. The molecule has 3 rings (SSSR count). The van der Waals surface area contributed by atoms with Gasteiger partial charge in [0, 0.05) is 30.9 Å². The highest BCUT2D eigenvalue weighted by molar-refractivity contribution is 5.83. The number of nitrogens with zero attached hydrogens (tertiary/aromatic N) is 3. The molecule has 1 N–H and O–H groups in total. The third kappa shape index (κ3) is 3.74. The predicted octanol–water partition coefficient (Wildman–Crippen LogP) is 2.52. The number of hydrogen-bond donors (Lipinski definition) is 1. The molecule has 2 heterocycles. The first-order valence-corrected chi connectivity index (χ1v) is 8.77. The van der Waals surface area contributed by atoms with Gasteiger partial charge in [-0.15, -0.1) is 0 Å². The summed E-state index contributed by atoms with van der Waals surface area (Å²) in [5.74, 6) is -0.488. The van der Waals surface area contributed by atoms with E-state index in [9.17, 15) is 9.18 Å². The lowest BCUT2D eigenvalue weighted by molar-refractivity contribution is -0.133. The van der Waals surface area contributed by atoms with Crippen LogP contribution in [0.5, 0.6) is 0 Å². The fraction of sp³-hybridized carbons (Fsp3) is 0.474. The first-order chi connectivity index (χ1) is 12.1. The van der Waals surface area contributed by atoms with Gasteiger partial charge >= 0.3 is 0 Å². The van der Waals surface area contributed by atoms with Gasteiger partial charge in [0.15, 0.2) is 0 Å². The molecule has 6 heteroatoms. The van der Waals surface area contributed by atoms with Crippen LogP contribution in [0.2, 0.25) is 0 Å². The maximum Gasteiger partial charge on any atom is 0.229 e. The van der Waals surface area contributed by atoms with Crippen molar-refractivity contribution in [1.29, 1.82) is 0 Å². The summed E-state index contributed by atoms with van der Waals surface area (Å²) < 4.78 is 15.8. The van der Waals surface area contributed by atoms with Crippen LogP contribution in [-0.4, -0.2) is 45.4 Å². The van der Waals surface area contributed by atoms with E-state index in [4.69, 9.17) is 5.11 Å². The number of amides is 1. The molecule has 1 amide bonds. The zero-order valence-corrected chi connectivity index (χ0v) is 14.4. The summed E-state index contributed by atoms with van der Waals surface area (Å²) in [7, 11) is 0. The normalized spacial score (nSPS) is 16.8. The van der Waals surface area contributed by atoms with Crippen LogP contribution in [0.25, 0.3) is 0 Å². The molecule has 0 saturated carbocycles. The second-order valence-electron chi connectivity index (χ2n) is 6.55. The van der Waals surface area contributed by atoms with E-state index in [1.807, 2.05) is 15.6 Å². The Labute approximate surface area is 147 Å². The molecule has 1 aromatic carbocycles. The van der Waals surface area contributed by atoms with Gasteiger partial charge in [-0.25, -0.2) is 4.39 Å². The van der Waals surface area contributed by atoms with Crippen molar-refractivity contribution in [3.8, 4) is 0 Å². The number of aliphatic hydroxyl groups excluding tert-OH is 1. The van der Waals surface area contributed by atoms with Gasteiger partial charge in [-0.3, -0.25) is 9.48 Å². The number of aromatic nitrogens is 2. The Balaban J connectivity index is 1.63. The molecule has 0 bridgehead atoms. The molecule has 0 aliphatic carbocycles. The molecule has 1 aliphatic heterocycles. The Morgan fingerprint density at radius 1 is 1.32 bits per heavy atom. The number of benzene rings is 1. The fourth-order valence-electron chi connectivity index (χ4n) is 3.60. The number of hydrogen-bond acceptors (Lipinski definition) is 3. The molecule has 25 heavy (non-hydrogen) atoms. The van der Waals surface area contributed by atoms with E-state index in [1.165, 1.54) is 6.07 Å². The van der Waals surface area contributed by atoms with E-state index >= 15 is 0 Å². The van der Waals surface area contributed by atoms with E-state index in [1.54, 1.807) is 31.3 Å². The smallest absolute Gasteiger partial charge is 0.229 e. The molecule has 134 valence electrons. The van der Waals surface area contributed by atoms with Crippen LogP contribution >= 0.6 is 0 Å². The number of aliphatic hydroxyl groups is 1. The van der Waals surface area contributed by atoms with Gasteiger partial charge in [0.2, 0.25) is 5.91 Å². The standard InChI is InChI=1S/C19H24FN3O2/c1-14(16-4-2-3-5-17(16)20)19(25)22-10-7-15(8-11-22)18-6-9-21-23(18)12-13-24/h2-6,9,14-15,24H,7-8,10-13H2,1H3. The van der Waals surface area contributed by atoms with Crippen molar-refractivity contribution in [3.05, 3.63) is 53.6 Å². The lowest BCUT2D eigenvalue weighted by Crippen LogP contribution is -2.40. The van der Waals surface area contributed by atoms with Gasteiger partial charge in [-0.2, -0.15) is 5.10 Å². The van der Waals surface area contributed by atoms with Crippen molar-refractivity contribution in [2.75, 3.05) is 19.7 Å². The number of halogens is 1. The quantitative estimate of drug-likeness (QED) is 0.906. The Kier molecular flexibility index (Phi) is 5.48. The van der Waals surface area contributed by atoms with E-state index in [-0.39, 0.29) is 18.3 Å². The van der Waals surface area contributed by atoms with Crippen LogP contribution < -0.4 is 0 Å². The molecular weight excluding hydrogens is 321 g/mol. The predicted molar refractivity (Wildman–Crippen MR) is 92.7 cm³/mol. The fourth-order valence-corrected chi connectivity index (χ4v) is 3.60. The molecule has 1 fully saturated rings. The molecule has 0 spiro atoms. The first kappa shape index (κ1) is 17.6. The highest BCUT2D eigenvalue weighted by Crippen LogP contribution is 2.30. The van der Waals surface area contributed by atoms with E-state index in [2.05, 4.69) is 5.10 Å². The van der Waals surface area contributed by atoms with E-state index in [0.717, 1.165) is 18.5 Å². The Morgan fingerprint density at radius 3 is 2.72 bits per heavy atom. The van der Waals surface area contributed by atoms with Gasteiger partial charge < -0.3 is 10.0 Å². The van der Waals surface area contributed by atoms with Crippen molar-refractivity contribution >= 4 is 5.91 Å². The van der Waals surface area contributed by atoms with Crippen molar-refractivity contribution < 1.29 is 14.3 Å². The summed E-state index contributed by atoms with van der Waals surface area (Å²) in [5, 5.41) is 13.4.